The predicted molar refractivity (Wildman–Crippen MR) is 142 cm³/mol. The van der Waals surface area contributed by atoms with E-state index in [1.165, 1.54) is 24.3 Å². The van der Waals surface area contributed by atoms with Crippen LogP contribution in [0.1, 0.15) is 35.3 Å². The van der Waals surface area contributed by atoms with Crippen LogP contribution in [0.3, 0.4) is 0 Å². The molecule has 5 rings (SSSR count). The highest BCUT2D eigenvalue weighted by molar-refractivity contribution is 6.07. The summed E-state index contributed by atoms with van der Waals surface area (Å²) in [5.74, 6) is -0.153. The van der Waals surface area contributed by atoms with E-state index < -0.39 is 5.82 Å². The van der Waals surface area contributed by atoms with Crippen molar-refractivity contribution in [2.24, 2.45) is 0 Å². The van der Waals surface area contributed by atoms with Crippen LogP contribution in [0.15, 0.2) is 109 Å². The molecule has 0 aromatic heterocycles. The van der Waals surface area contributed by atoms with Gasteiger partial charge in [-0.05, 0) is 73.5 Å². The second-order valence-electron chi connectivity index (χ2n) is 9.04. The lowest BCUT2D eigenvalue weighted by Gasteiger charge is -2.43. The van der Waals surface area contributed by atoms with E-state index in [-0.39, 0.29) is 30.5 Å². The minimum absolute atomic E-state index is 0.121. The summed E-state index contributed by atoms with van der Waals surface area (Å²) < 4.78 is 19.3. The van der Waals surface area contributed by atoms with Gasteiger partial charge in [0, 0.05) is 23.0 Å². The second-order valence-corrected chi connectivity index (χ2v) is 9.04. The van der Waals surface area contributed by atoms with E-state index in [4.69, 9.17) is 4.74 Å². The van der Waals surface area contributed by atoms with Crippen LogP contribution in [-0.2, 0) is 4.79 Å². The van der Waals surface area contributed by atoms with Gasteiger partial charge in [0.1, 0.15) is 11.6 Å². The van der Waals surface area contributed by atoms with E-state index in [9.17, 15) is 14.0 Å². The van der Waals surface area contributed by atoms with E-state index in [1.54, 1.807) is 9.80 Å². The molecule has 1 aliphatic heterocycles. The highest BCUT2D eigenvalue weighted by Crippen LogP contribution is 2.42. The van der Waals surface area contributed by atoms with Gasteiger partial charge in [-0.3, -0.25) is 9.59 Å². The molecule has 0 spiro atoms. The number of nitrogens with zero attached hydrogens (tertiary/aromatic N) is 2. The minimum atomic E-state index is -0.390. The molecule has 2 unspecified atom stereocenters. The molecule has 2 atom stereocenters. The number of hydrogen-bond acceptors (Lipinski definition) is 3. The molecule has 0 fully saturated rings. The Morgan fingerprint density at radius 3 is 2.19 bits per heavy atom. The molecular formula is C31H27FN2O3. The monoisotopic (exact) mass is 494 g/mol. The number of ether oxygens (including phenoxy) is 1. The Morgan fingerprint density at radius 2 is 1.49 bits per heavy atom. The molecule has 0 saturated heterocycles. The molecule has 0 bridgehead atoms. The molecule has 0 saturated carbocycles. The van der Waals surface area contributed by atoms with Gasteiger partial charge in [-0.1, -0.05) is 54.6 Å². The van der Waals surface area contributed by atoms with Gasteiger partial charge < -0.3 is 14.5 Å². The zero-order chi connectivity index (χ0) is 25.8. The quantitative estimate of drug-likeness (QED) is 0.311. The number of para-hydroxylation sites is 3. The van der Waals surface area contributed by atoms with Gasteiger partial charge in [0.05, 0.1) is 6.04 Å². The maximum atomic E-state index is 13.7. The summed E-state index contributed by atoms with van der Waals surface area (Å²) in [6.45, 7) is 1.85. The minimum Gasteiger partial charge on any atom is -0.484 e. The van der Waals surface area contributed by atoms with Crippen molar-refractivity contribution in [3.8, 4) is 5.75 Å². The predicted octanol–water partition coefficient (Wildman–Crippen LogP) is 6.42. The third-order valence-electron chi connectivity index (χ3n) is 6.59. The first-order valence-corrected chi connectivity index (χ1v) is 12.3. The van der Waals surface area contributed by atoms with E-state index in [2.05, 4.69) is 0 Å². The molecule has 0 aliphatic carbocycles. The van der Waals surface area contributed by atoms with Gasteiger partial charge in [-0.25, -0.2) is 4.39 Å². The molecule has 37 heavy (non-hydrogen) atoms. The third-order valence-corrected chi connectivity index (χ3v) is 6.59. The number of anilines is 2. The van der Waals surface area contributed by atoms with E-state index in [0.717, 1.165) is 16.9 Å². The number of carbonyl (C=O) groups excluding carboxylic acids is 2. The largest absolute Gasteiger partial charge is 0.484 e. The Hall–Kier alpha value is -4.45. The van der Waals surface area contributed by atoms with Crippen LogP contribution < -0.4 is 14.5 Å². The molecule has 186 valence electrons. The maximum Gasteiger partial charge on any atom is 0.265 e. The lowest BCUT2D eigenvalue weighted by molar-refractivity contribution is -0.121. The summed E-state index contributed by atoms with van der Waals surface area (Å²) in [5.41, 5.74) is 2.77. The Morgan fingerprint density at radius 1 is 0.865 bits per heavy atom. The van der Waals surface area contributed by atoms with Crippen LogP contribution in [0.5, 0.6) is 5.75 Å². The first-order chi connectivity index (χ1) is 18.0. The van der Waals surface area contributed by atoms with Crippen molar-refractivity contribution in [2.45, 2.75) is 25.4 Å². The summed E-state index contributed by atoms with van der Waals surface area (Å²) in [6, 6.07) is 31.5. The molecule has 0 N–H and O–H groups in total. The van der Waals surface area contributed by atoms with Crippen LogP contribution in [0.4, 0.5) is 15.8 Å². The summed E-state index contributed by atoms with van der Waals surface area (Å²) in [6.07, 6.45) is 0.524. The molecule has 2 amide bonds. The van der Waals surface area contributed by atoms with Crippen LogP contribution in [0.25, 0.3) is 0 Å². The van der Waals surface area contributed by atoms with Crippen molar-refractivity contribution in [1.29, 1.82) is 0 Å². The molecule has 0 radical (unpaired) electrons. The summed E-state index contributed by atoms with van der Waals surface area (Å²) in [7, 11) is 0. The van der Waals surface area contributed by atoms with E-state index >= 15 is 0 Å². The average molecular weight is 495 g/mol. The topological polar surface area (TPSA) is 49.9 Å². The van der Waals surface area contributed by atoms with Crippen LogP contribution in [-0.4, -0.2) is 24.5 Å². The number of benzene rings is 4. The zero-order valence-electron chi connectivity index (χ0n) is 20.5. The van der Waals surface area contributed by atoms with Gasteiger partial charge in [-0.2, -0.15) is 0 Å². The number of amides is 2. The van der Waals surface area contributed by atoms with Crippen LogP contribution >= 0.6 is 0 Å². The number of carbonyl (C=O) groups is 2. The summed E-state index contributed by atoms with van der Waals surface area (Å²) in [5, 5.41) is 0. The Kier molecular flexibility index (Phi) is 6.99. The number of halogens is 1. The fourth-order valence-electron chi connectivity index (χ4n) is 4.88. The summed E-state index contributed by atoms with van der Waals surface area (Å²) >= 11 is 0. The molecule has 1 aliphatic rings. The molecular weight excluding hydrogens is 467 g/mol. The van der Waals surface area contributed by atoms with Crippen LogP contribution in [0, 0.1) is 5.82 Å². The normalized spacial score (nSPS) is 16.5. The first-order valence-electron chi connectivity index (χ1n) is 12.3. The Bertz CT molecular complexity index is 1380. The molecule has 5 nitrogen and oxygen atoms in total. The molecule has 4 aromatic carbocycles. The number of hydrogen-bond donors (Lipinski definition) is 0. The van der Waals surface area contributed by atoms with E-state index in [1.807, 2.05) is 91.9 Å². The van der Waals surface area contributed by atoms with Crippen molar-refractivity contribution in [3.05, 3.63) is 126 Å². The van der Waals surface area contributed by atoms with Gasteiger partial charge >= 0.3 is 0 Å². The fraction of sp³-hybridized carbons (Fsp3) is 0.161. The average Bonchev–Trinajstić information content (AvgIpc) is 2.93. The van der Waals surface area contributed by atoms with E-state index in [0.29, 0.717) is 17.7 Å². The summed E-state index contributed by atoms with van der Waals surface area (Å²) in [4.78, 5) is 30.7. The fourth-order valence-corrected chi connectivity index (χ4v) is 4.88. The van der Waals surface area contributed by atoms with Gasteiger partial charge in [0.15, 0.2) is 6.61 Å². The Balaban J connectivity index is 1.50. The second kappa shape index (κ2) is 10.7. The van der Waals surface area contributed by atoms with Gasteiger partial charge in [0.25, 0.3) is 11.8 Å². The van der Waals surface area contributed by atoms with Crippen molar-refractivity contribution < 1.29 is 18.7 Å². The Labute approximate surface area is 215 Å². The molecule has 6 heteroatoms. The molecule has 1 heterocycles. The highest BCUT2D eigenvalue weighted by Gasteiger charge is 2.38. The van der Waals surface area contributed by atoms with Crippen molar-refractivity contribution in [2.75, 3.05) is 16.4 Å². The number of fused-ring (bicyclic) bond motifs is 1. The van der Waals surface area contributed by atoms with Gasteiger partial charge in [-0.15, -0.1) is 0 Å². The zero-order valence-corrected chi connectivity index (χ0v) is 20.5. The first kappa shape index (κ1) is 24.3. The van der Waals surface area contributed by atoms with Crippen molar-refractivity contribution in [1.82, 2.24) is 0 Å². The standard InChI is InChI=1S/C31H27FN2O3/c1-22-20-29(27-14-8-9-15-28(27)33(22)31(36)23-16-18-24(32)19-17-23)34(25-10-4-2-5-11-25)30(35)21-37-26-12-6-3-7-13-26/h2-19,22,29H,20-21H2,1H3. The third kappa shape index (κ3) is 5.09. The van der Waals surface area contributed by atoms with Crippen molar-refractivity contribution >= 4 is 23.2 Å². The highest BCUT2D eigenvalue weighted by atomic mass is 19.1. The molecule has 4 aromatic rings. The van der Waals surface area contributed by atoms with Crippen LogP contribution in [0.2, 0.25) is 0 Å². The van der Waals surface area contributed by atoms with Crippen molar-refractivity contribution in [3.63, 3.8) is 0 Å². The number of rotatable bonds is 6. The smallest absolute Gasteiger partial charge is 0.265 e. The SMILES string of the molecule is CC1CC(N(C(=O)COc2ccccc2)c2ccccc2)c2ccccc2N1C(=O)c1ccc(F)cc1. The lowest BCUT2D eigenvalue weighted by atomic mass is 9.89. The van der Waals surface area contributed by atoms with Gasteiger partial charge in [0.2, 0.25) is 0 Å². The maximum absolute atomic E-state index is 13.7. The lowest BCUT2D eigenvalue weighted by Crippen LogP contribution is -2.48.